The predicted molar refractivity (Wildman–Crippen MR) is 122 cm³/mol. The first kappa shape index (κ1) is 20.7. The Morgan fingerprint density at radius 1 is 1.34 bits per heavy atom. The van der Waals surface area contributed by atoms with Gasteiger partial charge in [0.1, 0.15) is 11.3 Å². The van der Waals surface area contributed by atoms with Crippen molar-refractivity contribution in [2.75, 3.05) is 5.32 Å². The molecule has 5 rings (SSSR count). The Morgan fingerprint density at radius 3 is 2.91 bits per heavy atom. The summed E-state index contributed by atoms with van der Waals surface area (Å²) in [6, 6.07) is 7.55. The predicted octanol–water partition coefficient (Wildman–Crippen LogP) is 4.15. The molecule has 0 aliphatic heterocycles. The third-order valence-corrected chi connectivity index (χ3v) is 5.61. The molecular formula is C23H23ClN6O2. The quantitative estimate of drug-likeness (QED) is 0.460. The first-order chi connectivity index (χ1) is 15.3. The molecule has 4 aromatic rings. The van der Waals surface area contributed by atoms with Crippen LogP contribution in [0.5, 0.6) is 0 Å². The fraction of sp³-hybridized carbons (Fsp3) is 0.304. The molecule has 3 aromatic heterocycles. The Hall–Kier alpha value is -3.23. The number of hydrogen-bond acceptors (Lipinski definition) is 5. The van der Waals surface area contributed by atoms with Crippen LogP contribution in [-0.4, -0.2) is 41.0 Å². The molecule has 9 heteroatoms. The van der Waals surface area contributed by atoms with Gasteiger partial charge in [-0.1, -0.05) is 17.7 Å². The molecule has 0 saturated heterocycles. The van der Waals surface area contributed by atoms with Gasteiger partial charge in [-0.2, -0.15) is 10.2 Å². The molecule has 1 aliphatic rings. The van der Waals surface area contributed by atoms with Crippen molar-refractivity contribution in [3.05, 3.63) is 65.2 Å². The van der Waals surface area contributed by atoms with E-state index in [4.69, 9.17) is 16.7 Å². The summed E-state index contributed by atoms with van der Waals surface area (Å²) in [6.07, 6.45) is 8.83. The molecule has 164 valence electrons. The summed E-state index contributed by atoms with van der Waals surface area (Å²) in [7, 11) is 0. The summed E-state index contributed by atoms with van der Waals surface area (Å²) in [4.78, 5) is 17.4. The largest absolute Gasteiger partial charge is 0.389 e. The molecule has 3 heterocycles. The average Bonchev–Trinajstić information content (AvgIpc) is 3.36. The average molecular weight is 451 g/mol. The minimum atomic E-state index is -0.968. The number of rotatable bonds is 6. The molecule has 1 aromatic carbocycles. The number of aliphatic hydroxyl groups is 1. The lowest BCUT2D eigenvalue weighted by Gasteiger charge is -2.16. The Balaban J connectivity index is 1.57. The van der Waals surface area contributed by atoms with Crippen LogP contribution in [0.4, 0.5) is 5.69 Å². The maximum Gasteiger partial charge on any atom is 0.261 e. The van der Waals surface area contributed by atoms with Gasteiger partial charge < -0.3 is 10.4 Å². The second-order valence-electron chi connectivity index (χ2n) is 8.81. The Labute approximate surface area is 189 Å². The minimum Gasteiger partial charge on any atom is -0.389 e. The highest BCUT2D eigenvalue weighted by Crippen LogP contribution is 2.46. The van der Waals surface area contributed by atoms with Crippen LogP contribution in [0.15, 0.2) is 49.1 Å². The van der Waals surface area contributed by atoms with E-state index >= 15 is 0 Å². The third kappa shape index (κ3) is 4.11. The van der Waals surface area contributed by atoms with Crippen molar-refractivity contribution < 1.29 is 9.90 Å². The van der Waals surface area contributed by atoms with Gasteiger partial charge in [0.2, 0.25) is 0 Å². The number of nitrogens with zero attached hydrogens (tertiary/aromatic N) is 5. The lowest BCUT2D eigenvalue weighted by atomic mass is 10.00. The summed E-state index contributed by atoms with van der Waals surface area (Å²) in [5, 5.41) is 22.8. The Bertz CT molecular complexity index is 1320. The topological polar surface area (TPSA) is 97.3 Å². The van der Waals surface area contributed by atoms with E-state index in [-0.39, 0.29) is 12.5 Å². The van der Waals surface area contributed by atoms with E-state index in [0.29, 0.717) is 33.5 Å². The van der Waals surface area contributed by atoms with Crippen LogP contribution < -0.4 is 5.32 Å². The zero-order valence-corrected chi connectivity index (χ0v) is 18.5. The lowest BCUT2D eigenvalue weighted by Crippen LogP contribution is -2.26. The number of anilines is 1. The maximum absolute atomic E-state index is 13.1. The normalized spacial score (nSPS) is 14.1. The Kier molecular flexibility index (Phi) is 4.98. The summed E-state index contributed by atoms with van der Waals surface area (Å²) < 4.78 is 3.20. The fourth-order valence-corrected chi connectivity index (χ4v) is 4.02. The van der Waals surface area contributed by atoms with Crippen molar-refractivity contribution >= 4 is 28.8 Å². The van der Waals surface area contributed by atoms with Crippen LogP contribution in [0.2, 0.25) is 5.02 Å². The molecule has 0 unspecified atom stereocenters. The molecule has 32 heavy (non-hydrogen) atoms. The lowest BCUT2D eigenvalue weighted by molar-refractivity contribution is 0.0578. The van der Waals surface area contributed by atoms with Crippen LogP contribution in [0.1, 0.15) is 48.5 Å². The number of carbonyl (C=O) groups is 1. The monoisotopic (exact) mass is 450 g/mol. The fourth-order valence-electron chi connectivity index (χ4n) is 3.85. The number of fused-ring (bicyclic) bond motifs is 1. The highest BCUT2D eigenvalue weighted by atomic mass is 35.5. The minimum absolute atomic E-state index is 0.271. The smallest absolute Gasteiger partial charge is 0.261 e. The summed E-state index contributed by atoms with van der Waals surface area (Å²) in [5.74, 6) is 0.131. The van der Waals surface area contributed by atoms with Gasteiger partial charge in [0.05, 0.1) is 24.0 Å². The summed E-state index contributed by atoms with van der Waals surface area (Å²) >= 11 is 6.33. The van der Waals surface area contributed by atoms with Crippen LogP contribution >= 0.6 is 11.6 Å². The second kappa shape index (κ2) is 7.72. The van der Waals surface area contributed by atoms with Crippen LogP contribution in [0, 0.1) is 0 Å². The number of nitrogens with one attached hydrogen (secondary N) is 1. The van der Waals surface area contributed by atoms with E-state index in [9.17, 15) is 9.90 Å². The number of carbonyl (C=O) groups excluding carboxylic acids is 1. The Morgan fingerprint density at radius 2 is 2.16 bits per heavy atom. The van der Waals surface area contributed by atoms with E-state index in [0.717, 1.165) is 24.0 Å². The van der Waals surface area contributed by atoms with Crippen molar-refractivity contribution in [1.29, 1.82) is 0 Å². The van der Waals surface area contributed by atoms with E-state index in [1.165, 1.54) is 6.20 Å². The van der Waals surface area contributed by atoms with Gasteiger partial charge in [-0.15, -0.1) is 0 Å². The van der Waals surface area contributed by atoms with Crippen molar-refractivity contribution in [2.24, 2.45) is 0 Å². The first-order valence-electron chi connectivity index (χ1n) is 10.5. The highest BCUT2D eigenvalue weighted by molar-refractivity contribution is 6.31. The van der Waals surface area contributed by atoms with Gasteiger partial charge in [-0.3, -0.25) is 9.48 Å². The molecule has 8 nitrogen and oxygen atoms in total. The standard InChI is InChI=1S/C23H23ClN6O2/c1-23(2,32)13-29-12-19(27-22(31)18-11-26-30-9-3-8-25-21(18)30)20(28-29)17-10-15(24)6-7-16(17)14-4-5-14/h3,6-12,14,32H,4-5,13H2,1-2H3,(H,27,31). The van der Waals surface area contributed by atoms with E-state index < -0.39 is 5.60 Å². The molecule has 1 fully saturated rings. The molecule has 2 N–H and O–H groups in total. The number of aromatic nitrogens is 5. The number of amides is 1. The zero-order valence-electron chi connectivity index (χ0n) is 17.8. The van der Waals surface area contributed by atoms with Crippen LogP contribution in [0.3, 0.4) is 0 Å². The zero-order chi connectivity index (χ0) is 22.5. The number of benzene rings is 1. The van der Waals surface area contributed by atoms with Crippen molar-refractivity contribution in [3.8, 4) is 11.3 Å². The van der Waals surface area contributed by atoms with Gasteiger partial charge >= 0.3 is 0 Å². The molecule has 1 amide bonds. The maximum atomic E-state index is 13.1. The summed E-state index contributed by atoms with van der Waals surface area (Å²) in [5.41, 5.74) is 3.08. The van der Waals surface area contributed by atoms with Gasteiger partial charge in [-0.05, 0) is 56.4 Å². The van der Waals surface area contributed by atoms with E-state index in [2.05, 4.69) is 15.4 Å². The van der Waals surface area contributed by atoms with Crippen LogP contribution in [0.25, 0.3) is 16.9 Å². The van der Waals surface area contributed by atoms with Crippen molar-refractivity contribution in [3.63, 3.8) is 0 Å². The van der Waals surface area contributed by atoms with Crippen LogP contribution in [-0.2, 0) is 6.54 Å². The molecular weight excluding hydrogens is 428 g/mol. The SMILES string of the molecule is CC(C)(O)Cn1cc(NC(=O)c2cnn3cccnc23)c(-c2cc(Cl)ccc2C2CC2)n1. The van der Waals surface area contributed by atoms with Gasteiger partial charge in [0.15, 0.2) is 5.65 Å². The van der Waals surface area contributed by atoms with Gasteiger partial charge in [0.25, 0.3) is 5.91 Å². The second-order valence-corrected chi connectivity index (χ2v) is 9.24. The van der Waals surface area contributed by atoms with Gasteiger partial charge in [0, 0.05) is 29.2 Å². The van der Waals surface area contributed by atoms with Crippen molar-refractivity contribution in [2.45, 2.75) is 44.8 Å². The molecule has 1 saturated carbocycles. The summed E-state index contributed by atoms with van der Waals surface area (Å²) in [6.45, 7) is 3.70. The molecule has 1 aliphatic carbocycles. The first-order valence-corrected chi connectivity index (χ1v) is 10.9. The molecule has 0 radical (unpaired) electrons. The van der Waals surface area contributed by atoms with E-state index in [1.54, 1.807) is 47.7 Å². The van der Waals surface area contributed by atoms with E-state index in [1.807, 2.05) is 18.2 Å². The van der Waals surface area contributed by atoms with Crippen molar-refractivity contribution in [1.82, 2.24) is 24.4 Å². The van der Waals surface area contributed by atoms with Gasteiger partial charge in [-0.25, -0.2) is 9.50 Å². The highest BCUT2D eigenvalue weighted by Gasteiger charge is 2.29. The molecule has 0 bridgehead atoms. The third-order valence-electron chi connectivity index (χ3n) is 5.37. The molecule has 0 atom stereocenters. The number of halogens is 1. The number of hydrogen-bond donors (Lipinski definition) is 2. The molecule has 0 spiro atoms.